The van der Waals surface area contributed by atoms with Gasteiger partial charge in [0.1, 0.15) is 5.75 Å². The molecule has 3 aromatic rings. The van der Waals surface area contributed by atoms with Crippen LogP contribution in [0.2, 0.25) is 0 Å². The summed E-state index contributed by atoms with van der Waals surface area (Å²) in [7, 11) is -2.20. The lowest BCUT2D eigenvalue weighted by molar-refractivity contribution is -0.127. The summed E-state index contributed by atoms with van der Waals surface area (Å²) < 4.78 is 43.7. The van der Waals surface area contributed by atoms with Crippen LogP contribution in [-0.2, 0) is 21.4 Å². The number of nitrogens with one attached hydrogen (secondary N) is 1. The fraction of sp³-hybridized carbons (Fsp3) is 0.269. The van der Waals surface area contributed by atoms with Crippen LogP contribution in [0.25, 0.3) is 0 Å². The summed E-state index contributed by atoms with van der Waals surface area (Å²) in [6.07, 6.45) is -0.744. The van der Waals surface area contributed by atoms with Gasteiger partial charge in [0.15, 0.2) is 17.6 Å². The second-order valence-electron chi connectivity index (χ2n) is 8.38. The monoisotopic (exact) mass is 496 g/mol. The van der Waals surface area contributed by atoms with Crippen LogP contribution in [0, 0.1) is 13.8 Å². The molecule has 4 rings (SSSR count). The molecular weight excluding hydrogens is 468 g/mol. The summed E-state index contributed by atoms with van der Waals surface area (Å²) in [4.78, 5) is 12.7. The number of ether oxygens (including phenoxy) is 3. The van der Waals surface area contributed by atoms with Crippen LogP contribution in [0.5, 0.6) is 17.2 Å². The lowest BCUT2D eigenvalue weighted by atomic mass is 10.1. The van der Waals surface area contributed by atoms with E-state index in [0.717, 1.165) is 16.7 Å². The van der Waals surface area contributed by atoms with Gasteiger partial charge < -0.3 is 19.5 Å². The maximum Gasteiger partial charge on any atom is 0.264 e. The highest BCUT2D eigenvalue weighted by molar-refractivity contribution is 7.92. The number of rotatable bonds is 8. The molecular formula is C26H28N2O6S. The summed E-state index contributed by atoms with van der Waals surface area (Å²) in [6, 6.07) is 17.1. The van der Waals surface area contributed by atoms with Gasteiger partial charge in [0.25, 0.3) is 15.9 Å². The molecule has 1 N–H and O–H groups in total. The van der Waals surface area contributed by atoms with Crippen molar-refractivity contribution in [2.45, 2.75) is 38.3 Å². The number of nitrogens with zero attached hydrogens (tertiary/aromatic N) is 1. The van der Waals surface area contributed by atoms with Gasteiger partial charge in [-0.1, -0.05) is 12.1 Å². The van der Waals surface area contributed by atoms with Gasteiger partial charge in [-0.2, -0.15) is 0 Å². The number of hydrogen-bond donors (Lipinski definition) is 1. The SMILES string of the molecule is Cc1ccc(S(=O)(=O)N(C)c2ccc(O[C@H](C)C(=O)NCc3ccc4c(c3)OCO4)cc2)cc1C. The third-order valence-electron chi connectivity index (χ3n) is 5.92. The van der Waals surface area contributed by atoms with Gasteiger partial charge in [-0.25, -0.2) is 8.42 Å². The van der Waals surface area contributed by atoms with Crippen LogP contribution >= 0.6 is 0 Å². The van der Waals surface area contributed by atoms with Gasteiger partial charge in [-0.3, -0.25) is 9.10 Å². The second-order valence-corrected chi connectivity index (χ2v) is 10.3. The third-order valence-corrected chi connectivity index (χ3v) is 7.70. The molecule has 0 aromatic heterocycles. The molecule has 0 spiro atoms. The standard InChI is InChI=1S/C26H28N2O6S/c1-17-5-11-23(13-18(17)2)35(30,31)28(4)21-7-9-22(10-8-21)34-19(3)26(29)27-15-20-6-12-24-25(14-20)33-16-32-24/h5-14,19H,15-16H2,1-4H3,(H,27,29)/t19-/m1/s1. The van der Waals surface area contributed by atoms with Crippen molar-refractivity contribution in [1.29, 1.82) is 0 Å². The Hall–Kier alpha value is -3.72. The molecule has 9 heteroatoms. The van der Waals surface area contributed by atoms with Gasteiger partial charge in [0.05, 0.1) is 10.6 Å². The fourth-order valence-electron chi connectivity index (χ4n) is 3.55. The van der Waals surface area contributed by atoms with Gasteiger partial charge in [-0.15, -0.1) is 0 Å². The molecule has 1 heterocycles. The highest BCUT2D eigenvalue weighted by atomic mass is 32.2. The number of sulfonamides is 1. The Morgan fingerprint density at radius 2 is 1.71 bits per heavy atom. The molecule has 3 aromatic carbocycles. The van der Waals surface area contributed by atoms with Crippen molar-refractivity contribution in [2.75, 3.05) is 18.1 Å². The van der Waals surface area contributed by atoms with E-state index < -0.39 is 16.1 Å². The predicted octanol–water partition coefficient (Wildman–Crippen LogP) is 3.94. The number of carbonyl (C=O) groups is 1. The lowest BCUT2D eigenvalue weighted by Crippen LogP contribution is -2.35. The zero-order valence-electron chi connectivity index (χ0n) is 20.1. The maximum absolute atomic E-state index is 13.0. The molecule has 1 amide bonds. The molecule has 184 valence electrons. The van der Waals surface area contributed by atoms with E-state index in [0.29, 0.717) is 29.5 Å². The third kappa shape index (κ3) is 5.35. The van der Waals surface area contributed by atoms with Crippen LogP contribution in [0.1, 0.15) is 23.6 Å². The molecule has 0 bridgehead atoms. The highest BCUT2D eigenvalue weighted by Gasteiger charge is 2.22. The number of carbonyl (C=O) groups excluding carboxylic acids is 1. The minimum absolute atomic E-state index is 0.197. The van der Waals surface area contributed by atoms with E-state index in [2.05, 4.69) is 5.32 Å². The fourth-order valence-corrected chi connectivity index (χ4v) is 4.83. The number of anilines is 1. The Labute approximate surface area is 205 Å². The molecule has 1 atom stereocenters. The molecule has 1 aliphatic rings. The summed E-state index contributed by atoms with van der Waals surface area (Å²) in [5.74, 6) is 1.52. The van der Waals surface area contributed by atoms with Crippen molar-refractivity contribution in [3.63, 3.8) is 0 Å². The van der Waals surface area contributed by atoms with Crippen molar-refractivity contribution < 1.29 is 27.4 Å². The van der Waals surface area contributed by atoms with Crippen LogP contribution in [0.15, 0.2) is 65.6 Å². The van der Waals surface area contributed by atoms with E-state index in [4.69, 9.17) is 14.2 Å². The second kappa shape index (κ2) is 9.87. The van der Waals surface area contributed by atoms with Crippen molar-refractivity contribution in [2.24, 2.45) is 0 Å². The Bertz CT molecular complexity index is 1340. The van der Waals surface area contributed by atoms with E-state index in [1.807, 2.05) is 32.0 Å². The number of aryl methyl sites for hydroxylation is 2. The van der Waals surface area contributed by atoms with E-state index in [-0.39, 0.29) is 17.6 Å². The molecule has 0 saturated heterocycles. The van der Waals surface area contributed by atoms with Crippen LogP contribution < -0.4 is 23.8 Å². The lowest BCUT2D eigenvalue weighted by Gasteiger charge is -2.21. The van der Waals surface area contributed by atoms with Gasteiger partial charge in [0.2, 0.25) is 6.79 Å². The van der Waals surface area contributed by atoms with Crippen LogP contribution in [0.4, 0.5) is 5.69 Å². The first-order chi connectivity index (χ1) is 16.6. The normalized spacial score (nSPS) is 13.3. The summed E-state index contributed by atoms with van der Waals surface area (Å²) in [6.45, 7) is 5.99. The first-order valence-corrected chi connectivity index (χ1v) is 12.6. The molecule has 0 unspecified atom stereocenters. The number of benzene rings is 3. The zero-order chi connectivity index (χ0) is 25.2. The highest BCUT2D eigenvalue weighted by Crippen LogP contribution is 2.32. The summed E-state index contributed by atoms with van der Waals surface area (Å²) in [5, 5.41) is 2.84. The molecule has 35 heavy (non-hydrogen) atoms. The zero-order valence-corrected chi connectivity index (χ0v) is 20.9. The van der Waals surface area contributed by atoms with E-state index >= 15 is 0 Å². The molecule has 8 nitrogen and oxygen atoms in total. The number of amides is 1. The number of hydrogen-bond acceptors (Lipinski definition) is 6. The average Bonchev–Trinajstić information content (AvgIpc) is 3.32. The topological polar surface area (TPSA) is 94.2 Å². The predicted molar refractivity (Wildman–Crippen MR) is 132 cm³/mol. The smallest absolute Gasteiger partial charge is 0.264 e. The van der Waals surface area contributed by atoms with Gasteiger partial charge >= 0.3 is 0 Å². The van der Waals surface area contributed by atoms with Gasteiger partial charge in [-0.05, 0) is 86.0 Å². The Balaban J connectivity index is 1.35. The molecule has 0 radical (unpaired) electrons. The van der Waals surface area contributed by atoms with Crippen LogP contribution in [-0.4, -0.2) is 34.3 Å². The molecule has 0 fully saturated rings. The van der Waals surface area contributed by atoms with E-state index in [1.165, 1.54) is 11.4 Å². The minimum atomic E-state index is -3.71. The van der Waals surface area contributed by atoms with Crippen molar-refractivity contribution in [3.8, 4) is 17.2 Å². The first kappa shape index (κ1) is 24.4. The number of fused-ring (bicyclic) bond motifs is 1. The van der Waals surface area contributed by atoms with E-state index in [9.17, 15) is 13.2 Å². The quantitative estimate of drug-likeness (QED) is 0.508. The molecule has 0 saturated carbocycles. The minimum Gasteiger partial charge on any atom is -0.481 e. The van der Waals surface area contributed by atoms with Gasteiger partial charge in [0, 0.05) is 13.6 Å². The first-order valence-electron chi connectivity index (χ1n) is 11.1. The Kier molecular flexibility index (Phi) is 6.88. The summed E-state index contributed by atoms with van der Waals surface area (Å²) >= 11 is 0. The van der Waals surface area contributed by atoms with Crippen molar-refractivity contribution >= 4 is 21.6 Å². The largest absolute Gasteiger partial charge is 0.481 e. The molecule has 0 aliphatic carbocycles. The van der Waals surface area contributed by atoms with Crippen molar-refractivity contribution in [3.05, 3.63) is 77.4 Å². The van der Waals surface area contributed by atoms with E-state index in [1.54, 1.807) is 49.4 Å². The maximum atomic E-state index is 13.0. The average molecular weight is 497 g/mol. The van der Waals surface area contributed by atoms with Crippen LogP contribution in [0.3, 0.4) is 0 Å². The summed E-state index contributed by atoms with van der Waals surface area (Å²) in [5.41, 5.74) is 3.30. The Morgan fingerprint density at radius 3 is 2.43 bits per heavy atom. The Morgan fingerprint density at radius 1 is 1.00 bits per heavy atom. The molecule has 1 aliphatic heterocycles. The van der Waals surface area contributed by atoms with Crippen molar-refractivity contribution in [1.82, 2.24) is 5.32 Å².